The number of aliphatic imine (C=N–C) groups is 1. The number of aromatic nitrogens is 1. The highest BCUT2D eigenvalue weighted by Gasteiger charge is 2.41. The van der Waals surface area contributed by atoms with E-state index >= 15 is 0 Å². The first-order valence-electron chi connectivity index (χ1n) is 11.4. The van der Waals surface area contributed by atoms with Crippen LogP contribution in [0.5, 0.6) is 0 Å². The summed E-state index contributed by atoms with van der Waals surface area (Å²) in [5, 5.41) is 16.8. The fourth-order valence-corrected chi connectivity index (χ4v) is 5.03. The van der Waals surface area contributed by atoms with E-state index in [1.807, 2.05) is 23.6 Å². The molecule has 3 heterocycles. The number of amides is 1. The predicted octanol–water partition coefficient (Wildman–Crippen LogP) is 3.88. The van der Waals surface area contributed by atoms with Gasteiger partial charge in [0.1, 0.15) is 0 Å². The Kier molecular flexibility index (Phi) is 7.79. The number of thioether (sulfide) groups is 1. The molecule has 10 nitrogen and oxygen atoms in total. The zero-order chi connectivity index (χ0) is 25.7. The number of carbonyl (C=O) groups is 2. The van der Waals surface area contributed by atoms with Gasteiger partial charge in [0.25, 0.3) is 5.69 Å². The van der Waals surface area contributed by atoms with Crippen LogP contribution in [0.2, 0.25) is 0 Å². The maximum Gasteiger partial charge on any atom is 0.338 e. The molecule has 36 heavy (non-hydrogen) atoms. The molecule has 4 rings (SSSR count). The van der Waals surface area contributed by atoms with Gasteiger partial charge in [-0.1, -0.05) is 30.0 Å². The van der Waals surface area contributed by atoms with E-state index in [4.69, 9.17) is 4.74 Å². The molecule has 186 valence electrons. The lowest BCUT2D eigenvalue weighted by molar-refractivity contribution is -0.384. The Hall–Kier alpha value is -3.99. The summed E-state index contributed by atoms with van der Waals surface area (Å²) in [5.41, 5.74) is 2.71. The summed E-state index contributed by atoms with van der Waals surface area (Å²) in [6, 6.07) is 11.0. The molecule has 2 aromatic rings. The molecule has 2 aliphatic rings. The highest BCUT2D eigenvalue weighted by molar-refractivity contribution is 8.16. The molecule has 1 atom stereocenters. The molecule has 1 aromatic heterocycles. The van der Waals surface area contributed by atoms with Crippen molar-refractivity contribution in [1.82, 2.24) is 15.2 Å². The molecule has 0 bridgehead atoms. The molecule has 0 fully saturated rings. The van der Waals surface area contributed by atoms with E-state index in [-0.39, 0.29) is 30.2 Å². The molecular formula is C25H25N5O5S. The first-order chi connectivity index (χ1) is 17.4. The molecule has 1 N–H and O–H groups in total. The third-order valence-corrected chi connectivity index (χ3v) is 6.55. The van der Waals surface area contributed by atoms with Crippen molar-refractivity contribution in [2.45, 2.75) is 32.7 Å². The van der Waals surface area contributed by atoms with E-state index in [9.17, 15) is 19.7 Å². The first-order valence-corrected chi connectivity index (χ1v) is 12.3. The average Bonchev–Trinajstić information content (AvgIpc) is 3.25. The topological polar surface area (TPSA) is 127 Å². The van der Waals surface area contributed by atoms with Gasteiger partial charge in [-0.15, -0.1) is 0 Å². The minimum atomic E-state index is -0.723. The smallest absolute Gasteiger partial charge is 0.338 e. The van der Waals surface area contributed by atoms with Crippen molar-refractivity contribution < 1.29 is 19.2 Å². The number of pyridine rings is 1. The normalized spacial score (nSPS) is 16.7. The number of hydrogen-bond acceptors (Lipinski definition) is 9. The van der Waals surface area contributed by atoms with Crippen molar-refractivity contribution in [3.63, 3.8) is 0 Å². The minimum absolute atomic E-state index is 0.0504. The summed E-state index contributed by atoms with van der Waals surface area (Å²) in [6.45, 7) is 4.02. The van der Waals surface area contributed by atoms with Crippen molar-refractivity contribution in [3.05, 3.63) is 92.4 Å². The summed E-state index contributed by atoms with van der Waals surface area (Å²) in [7, 11) is 0. The van der Waals surface area contributed by atoms with Gasteiger partial charge in [0.05, 0.1) is 35.3 Å². The Morgan fingerprint density at radius 3 is 2.81 bits per heavy atom. The Labute approximate surface area is 212 Å². The maximum absolute atomic E-state index is 13.0. The van der Waals surface area contributed by atoms with Crippen LogP contribution < -0.4 is 5.32 Å². The third-order valence-electron chi connectivity index (χ3n) is 5.66. The molecule has 2 aliphatic heterocycles. The van der Waals surface area contributed by atoms with Crippen LogP contribution in [0.3, 0.4) is 0 Å². The number of fused-ring (bicyclic) bond motifs is 1. The van der Waals surface area contributed by atoms with Crippen molar-refractivity contribution >= 4 is 34.5 Å². The van der Waals surface area contributed by atoms with Crippen LogP contribution in [0.1, 0.15) is 37.6 Å². The molecule has 11 heteroatoms. The Bertz CT molecular complexity index is 1270. The molecule has 0 aliphatic carbocycles. The SMILES string of the molecule is CCOC(=O)C1=C(C)N=C2SC=C(CC(=O)NCCc3ccccn3)N2[C@H]1c1cccc([N+](=O)[O-])c1. The van der Waals surface area contributed by atoms with Gasteiger partial charge in [-0.25, -0.2) is 9.79 Å². The molecule has 0 unspecified atom stereocenters. The second kappa shape index (κ2) is 11.2. The number of amidine groups is 1. The Morgan fingerprint density at radius 2 is 2.08 bits per heavy atom. The van der Waals surface area contributed by atoms with Crippen LogP contribution in [0.4, 0.5) is 5.69 Å². The second-order valence-electron chi connectivity index (χ2n) is 8.06. The number of nitrogens with one attached hydrogen (secondary N) is 1. The standard InChI is InChI=1S/C25H25N5O5S/c1-3-35-24(32)22-16(2)28-25-29(23(22)17-7-6-9-19(13-17)30(33)34)20(15-36-25)14-21(31)27-12-10-18-8-4-5-11-26-18/h4-9,11,13,15,23H,3,10,12,14H2,1-2H3,(H,27,31)/t23-/m0/s1. The largest absolute Gasteiger partial charge is 0.463 e. The molecule has 0 saturated heterocycles. The Morgan fingerprint density at radius 1 is 1.25 bits per heavy atom. The summed E-state index contributed by atoms with van der Waals surface area (Å²) in [5.74, 6) is -0.744. The van der Waals surface area contributed by atoms with Crippen molar-refractivity contribution in [3.8, 4) is 0 Å². The van der Waals surface area contributed by atoms with E-state index in [1.54, 1.807) is 37.1 Å². The summed E-state index contributed by atoms with van der Waals surface area (Å²) in [6.07, 6.45) is 2.36. The zero-order valence-corrected chi connectivity index (χ0v) is 20.7. The zero-order valence-electron chi connectivity index (χ0n) is 19.8. The molecular weight excluding hydrogens is 482 g/mol. The van der Waals surface area contributed by atoms with Crippen LogP contribution in [0, 0.1) is 10.1 Å². The molecule has 0 spiro atoms. The lowest BCUT2D eigenvalue weighted by Crippen LogP contribution is -2.38. The lowest BCUT2D eigenvalue weighted by atomic mass is 9.93. The number of nitrogens with zero attached hydrogens (tertiary/aromatic N) is 4. The van der Waals surface area contributed by atoms with Gasteiger partial charge in [0.2, 0.25) is 5.91 Å². The Balaban J connectivity index is 1.59. The van der Waals surface area contributed by atoms with Gasteiger partial charge in [0.15, 0.2) is 5.17 Å². The van der Waals surface area contributed by atoms with Crippen molar-refractivity contribution in [1.29, 1.82) is 0 Å². The van der Waals surface area contributed by atoms with Crippen molar-refractivity contribution in [2.75, 3.05) is 13.2 Å². The fourth-order valence-electron chi connectivity index (χ4n) is 4.07. The van der Waals surface area contributed by atoms with E-state index < -0.39 is 16.9 Å². The van der Waals surface area contributed by atoms with E-state index in [0.29, 0.717) is 35.1 Å². The van der Waals surface area contributed by atoms with E-state index in [0.717, 1.165) is 5.69 Å². The van der Waals surface area contributed by atoms with Gasteiger partial charge in [0, 0.05) is 42.7 Å². The average molecular weight is 508 g/mol. The van der Waals surface area contributed by atoms with Gasteiger partial charge in [-0.05, 0) is 37.0 Å². The van der Waals surface area contributed by atoms with Crippen LogP contribution >= 0.6 is 11.8 Å². The minimum Gasteiger partial charge on any atom is -0.463 e. The third kappa shape index (κ3) is 5.46. The number of carbonyl (C=O) groups excluding carboxylic acids is 2. The van der Waals surface area contributed by atoms with Gasteiger partial charge in [-0.2, -0.15) is 0 Å². The number of esters is 1. The molecule has 1 aromatic carbocycles. The number of rotatable bonds is 9. The predicted molar refractivity (Wildman–Crippen MR) is 136 cm³/mol. The van der Waals surface area contributed by atoms with Crippen molar-refractivity contribution in [2.24, 2.45) is 4.99 Å². The second-order valence-corrected chi connectivity index (χ2v) is 8.90. The number of nitro groups is 1. The van der Waals surface area contributed by atoms with E-state index in [2.05, 4.69) is 15.3 Å². The lowest BCUT2D eigenvalue weighted by Gasteiger charge is -2.36. The highest BCUT2D eigenvalue weighted by Crippen LogP contribution is 2.45. The van der Waals surface area contributed by atoms with E-state index in [1.165, 1.54) is 23.9 Å². The molecule has 1 amide bonds. The number of hydrogen-bond donors (Lipinski definition) is 1. The highest BCUT2D eigenvalue weighted by atomic mass is 32.2. The number of nitro benzene ring substituents is 1. The maximum atomic E-state index is 13.0. The van der Waals surface area contributed by atoms with Crippen LogP contribution in [-0.4, -0.2) is 45.0 Å². The number of benzene rings is 1. The summed E-state index contributed by atoms with van der Waals surface area (Å²) < 4.78 is 5.30. The number of allylic oxidation sites excluding steroid dienone is 1. The van der Waals surface area contributed by atoms with Gasteiger partial charge < -0.3 is 15.0 Å². The molecule has 0 radical (unpaired) electrons. The summed E-state index contributed by atoms with van der Waals surface area (Å²) >= 11 is 1.34. The van der Waals surface area contributed by atoms with Crippen LogP contribution in [-0.2, 0) is 20.7 Å². The van der Waals surface area contributed by atoms with Gasteiger partial charge in [-0.3, -0.25) is 19.9 Å². The van der Waals surface area contributed by atoms with Gasteiger partial charge >= 0.3 is 5.97 Å². The quantitative estimate of drug-likeness (QED) is 0.308. The summed E-state index contributed by atoms with van der Waals surface area (Å²) in [4.78, 5) is 47.4. The molecule has 0 saturated carbocycles. The number of ether oxygens (including phenoxy) is 1. The number of non-ortho nitro benzene ring substituents is 1. The first kappa shape index (κ1) is 25.1. The fraction of sp³-hybridized carbons (Fsp3) is 0.280. The monoisotopic (exact) mass is 507 g/mol. The van der Waals surface area contributed by atoms with Crippen LogP contribution in [0.25, 0.3) is 0 Å². The van der Waals surface area contributed by atoms with Crippen LogP contribution in [0.15, 0.2) is 76.0 Å².